The predicted octanol–water partition coefficient (Wildman–Crippen LogP) is 2.72. The van der Waals surface area contributed by atoms with Crippen molar-refractivity contribution < 1.29 is 18.0 Å². The van der Waals surface area contributed by atoms with Gasteiger partial charge in [0.2, 0.25) is 0 Å². The van der Waals surface area contributed by atoms with Crippen molar-refractivity contribution in [2.24, 2.45) is 5.16 Å². The summed E-state index contributed by atoms with van der Waals surface area (Å²) in [7, 11) is -3.35. The number of rotatable bonds is 6. The topological polar surface area (TPSA) is 122 Å². The maximum absolute atomic E-state index is 12.7. The third-order valence-electron chi connectivity index (χ3n) is 4.20. The first-order valence-corrected chi connectivity index (χ1v) is 11.3. The van der Waals surface area contributed by atoms with Crippen molar-refractivity contribution in [1.29, 1.82) is 5.26 Å². The second kappa shape index (κ2) is 8.50. The van der Waals surface area contributed by atoms with E-state index in [1.807, 2.05) is 6.07 Å². The number of nitriles is 1. The molecule has 1 aromatic carbocycles. The van der Waals surface area contributed by atoms with Gasteiger partial charge in [-0.1, -0.05) is 28.6 Å². The minimum atomic E-state index is -3.35. The van der Waals surface area contributed by atoms with Crippen LogP contribution in [0, 0.1) is 11.3 Å². The molecule has 0 bridgehead atoms. The number of benzene rings is 1. The number of oxime groups is 1. The summed E-state index contributed by atoms with van der Waals surface area (Å²) in [5.41, 5.74) is 0.431. The molecule has 1 aliphatic carbocycles. The number of sulfone groups is 1. The van der Waals surface area contributed by atoms with Gasteiger partial charge in [-0.25, -0.2) is 13.4 Å². The number of thiazole rings is 1. The van der Waals surface area contributed by atoms with Crippen molar-refractivity contribution in [2.45, 2.75) is 36.7 Å². The first-order chi connectivity index (χ1) is 13.4. The number of hydrogen-bond donors (Lipinski definition) is 1. The Bertz CT molecular complexity index is 1030. The normalized spacial score (nSPS) is 15.2. The van der Waals surface area contributed by atoms with E-state index in [1.54, 1.807) is 0 Å². The molecule has 10 heteroatoms. The summed E-state index contributed by atoms with van der Waals surface area (Å²) in [4.78, 5) is 22.8. The van der Waals surface area contributed by atoms with Gasteiger partial charge in [0, 0.05) is 11.8 Å². The van der Waals surface area contributed by atoms with Crippen molar-refractivity contribution >= 4 is 37.9 Å². The van der Waals surface area contributed by atoms with E-state index >= 15 is 0 Å². The molecule has 8 nitrogen and oxygen atoms in total. The van der Waals surface area contributed by atoms with E-state index in [9.17, 15) is 13.2 Å². The Labute approximate surface area is 166 Å². The summed E-state index contributed by atoms with van der Waals surface area (Å²) >= 11 is 1.04. The number of aromatic nitrogens is 1. The molecule has 1 heterocycles. The molecular weight excluding hydrogens is 400 g/mol. The first kappa shape index (κ1) is 20.0. The first-order valence-electron chi connectivity index (χ1n) is 8.58. The average Bonchev–Trinajstić information content (AvgIpc) is 3.33. The van der Waals surface area contributed by atoms with E-state index in [0.29, 0.717) is 10.4 Å². The second-order valence-electron chi connectivity index (χ2n) is 6.34. The van der Waals surface area contributed by atoms with Crippen LogP contribution in [0.3, 0.4) is 0 Å². The van der Waals surface area contributed by atoms with Gasteiger partial charge in [-0.3, -0.25) is 10.1 Å². The molecule has 1 saturated carbocycles. The molecule has 0 spiro atoms. The molecule has 3 rings (SSSR count). The van der Waals surface area contributed by atoms with Gasteiger partial charge < -0.3 is 4.84 Å². The summed E-state index contributed by atoms with van der Waals surface area (Å²) < 4.78 is 23.3. The Morgan fingerprint density at radius 1 is 1.32 bits per heavy atom. The lowest BCUT2D eigenvalue weighted by atomic mass is 10.1. The van der Waals surface area contributed by atoms with E-state index in [4.69, 9.17) is 10.1 Å². The van der Waals surface area contributed by atoms with Crippen LogP contribution in [0.4, 0.5) is 5.13 Å². The molecule has 28 heavy (non-hydrogen) atoms. The number of hydrogen-bond acceptors (Lipinski definition) is 8. The zero-order valence-electron chi connectivity index (χ0n) is 15.1. The molecule has 1 fully saturated rings. The lowest BCUT2D eigenvalue weighted by Gasteiger charge is -2.10. The molecule has 2 aromatic rings. The third-order valence-corrected chi connectivity index (χ3v) is 6.15. The smallest absolute Gasteiger partial charge is 0.280 e. The number of nitrogens with one attached hydrogen (secondary N) is 1. The number of carbonyl (C=O) groups excluding carboxylic acids is 1. The predicted molar refractivity (Wildman–Crippen MR) is 105 cm³/mol. The number of amides is 1. The highest BCUT2D eigenvalue weighted by Gasteiger charge is 2.21. The van der Waals surface area contributed by atoms with Crippen LogP contribution < -0.4 is 5.32 Å². The molecule has 1 N–H and O–H groups in total. The monoisotopic (exact) mass is 418 g/mol. The summed E-state index contributed by atoms with van der Waals surface area (Å²) in [5, 5.41) is 15.8. The minimum Gasteiger partial charge on any atom is -0.392 e. The molecule has 0 radical (unpaired) electrons. The molecule has 1 aromatic heterocycles. The van der Waals surface area contributed by atoms with Gasteiger partial charge in [0.1, 0.15) is 17.1 Å². The van der Waals surface area contributed by atoms with Crippen molar-refractivity contribution in [3.8, 4) is 6.07 Å². The van der Waals surface area contributed by atoms with Gasteiger partial charge in [-0.15, -0.1) is 0 Å². The second-order valence-corrected chi connectivity index (χ2v) is 9.39. The molecular formula is C18H18N4O4S2. The molecule has 0 aliphatic heterocycles. The highest BCUT2D eigenvalue weighted by atomic mass is 32.2. The van der Waals surface area contributed by atoms with Crippen LogP contribution in [0.25, 0.3) is 0 Å². The number of anilines is 1. The molecule has 0 atom stereocenters. The maximum Gasteiger partial charge on any atom is 0.280 e. The minimum absolute atomic E-state index is 0.0145. The van der Waals surface area contributed by atoms with Gasteiger partial charge in [0.25, 0.3) is 5.91 Å². The Morgan fingerprint density at radius 2 is 2.00 bits per heavy atom. The largest absolute Gasteiger partial charge is 0.392 e. The van der Waals surface area contributed by atoms with E-state index in [0.717, 1.165) is 43.3 Å². The molecule has 146 valence electrons. The molecule has 0 unspecified atom stereocenters. The zero-order chi connectivity index (χ0) is 20.1. The van der Waals surface area contributed by atoms with E-state index in [2.05, 4.69) is 15.5 Å². The Balaban J connectivity index is 1.86. The van der Waals surface area contributed by atoms with Crippen LogP contribution >= 0.6 is 11.3 Å². The lowest BCUT2D eigenvalue weighted by Crippen LogP contribution is -2.25. The van der Waals surface area contributed by atoms with Crippen LogP contribution in [0.2, 0.25) is 0 Å². The van der Waals surface area contributed by atoms with Crippen molar-refractivity contribution in [2.75, 3.05) is 11.6 Å². The summed E-state index contributed by atoms with van der Waals surface area (Å²) in [6.45, 7) is 0. The van der Waals surface area contributed by atoms with E-state index < -0.39 is 15.7 Å². The average molecular weight is 419 g/mol. The fourth-order valence-electron chi connectivity index (χ4n) is 2.75. The standard InChI is InChI=1S/C18H18N4O4S2/c1-28(24,25)15-8-6-12(7-9-15)16(22-26-13-4-2-3-5-13)17(23)21-18-20-11-14(10-19)27-18/h6-9,11,13H,2-5H2,1H3,(H,20,21,23)/b22-16+. The SMILES string of the molecule is CS(=O)(=O)c1ccc(/C(=N\OC2CCCC2)C(=O)Nc2ncc(C#N)s2)cc1. The van der Waals surface area contributed by atoms with Gasteiger partial charge in [-0.2, -0.15) is 5.26 Å². The fraction of sp³-hybridized carbons (Fsp3) is 0.333. The zero-order valence-corrected chi connectivity index (χ0v) is 16.7. The van der Waals surface area contributed by atoms with Crippen LogP contribution in [0.15, 0.2) is 40.5 Å². The number of nitrogens with zero attached hydrogens (tertiary/aromatic N) is 3. The Morgan fingerprint density at radius 3 is 2.57 bits per heavy atom. The quantitative estimate of drug-likeness (QED) is 0.569. The molecule has 1 aliphatic rings. The Hall–Kier alpha value is -2.77. The van der Waals surface area contributed by atoms with Crippen LogP contribution in [0.5, 0.6) is 0 Å². The van der Waals surface area contributed by atoms with Crippen LogP contribution in [0.1, 0.15) is 36.1 Å². The van der Waals surface area contributed by atoms with Crippen molar-refractivity contribution in [3.63, 3.8) is 0 Å². The van der Waals surface area contributed by atoms with Crippen LogP contribution in [-0.4, -0.2) is 37.4 Å². The van der Waals surface area contributed by atoms with Gasteiger partial charge >= 0.3 is 0 Å². The number of carbonyl (C=O) groups is 1. The van der Waals surface area contributed by atoms with Gasteiger partial charge in [-0.05, 0) is 37.8 Å². The Kier molecular flexibility index (Phi) is 6.06. The third kappa shape index (κ3) is 4.94. The van der Waals surface area contributed by atoms with E-state index in [-0.39, 0.29) is 21.8 Å². The maximum atomic E-state index is 12.7. The molecule has 1 amide bonds. The summed E-state index contributed by atoms with van der Waals surface area (Å²) in [5.74, 6) is -0.552. The fourth-order valence-corrected chi connectivity index (χ4v) is 3.99. The van der Waals surface area contributed by atoms with Crippen LogP contribution in [-0.2, 0) is 19.5 Å². The van der Waals surface area contributed by atoms with Crippen molar-refractivity contribution in [1.82, 2.24) is 4.98 Å². The van der Waals surface area contributed by atoms with Crippen molar-refractivity contribution in [3.05, 3.63) is 40.9 Å². The molecule has 0 saturated heterocycles. The summed E-state index contributed by atoms with van der Waals surface area (Å²) in [6, 6.07) is 7.81. The van der Waals surface area contributed by atoms with Gasteiger partial charge in [0.05, 0.1) is 11.1 Å². The van der Waals surface area contributed by atoms with E-state index in [1.165, 1.54) is 30.5 Å². The lowest BCUT2D eigenvalue weighted by molar-refractivity contribution is -0.110. The summed E-state index contributed by atoms with van der Waals surface area (Å²) in [6.07, 6.45) is 6.31. The highest BCUT2D eigenvalue weighted by Crippen LogP contribution is 2.22. The highest BCUT2D eigenvalue weighted by molar-refractivity contribution is 7.90. The van der Waals surface area contributed by atoms with Gasteiger partial charge in [0.15, 0.2) is 20.7 Å².